The van der Waals surface area contributed by atoms with E-state index in [0.717, 1.165) is 50.7 Å². The molecule has 0 radical (unpaired) electrons. The molecule has 0 aliphatic heterocycles. The van der Waals surface area contributed by atoms with E-state index in [9.17, 15) is 32.2 Å². The summed E-state index contributed by atoms with van der Waals surface area (Å²) in [5, 5.41) is 21.8. The van der Waals surface area contributed by atoms with Crippen molar-refractivity contribution in [3.05, 3.63) is 59.2 Å². The van der Waals surface area contributed by atoms with Crippen LogP contribution >= 0.6 is 11.8 Å². The van der Waals surface area contributed by atoms with Gasteiger partial charge >= 0.3 is 12.1 Å². The quantitative estimate of drug-likeness (QED) is 0.137. The van der Waals surface area contributed by atoms with E-state index in [1.165, 1.54) is 28.5 Å². The molecule has 0 bridgehead atoms. The van der Waals surface area contributed by atoms with Gasteiger partial charge in [0, 0.05) is 11.8 Å². The van der Waals surface area contributed by atoms with Crippen molar-refractivity contribution in [1.29, 1.82) is 0 Å². The lowest BCUT2D eigenvalue weighted by atomic mass is 9.49. The number of fused-ring (bicyclic) bond motifs is 5. The molecule has 0 spiro atoms. The summed E-state index contributed by atoms with van der Waals surface area (Å²) in [6.07, 6.45) is 5.92. The van der Waals surface area contributed by atoms with Crippen LogP contribution < -0.4 is 4.74 Å². The Morgan fingerprint density at radius 1 is 1.00 bits per heavy atom. The first kappa shape index (κ1) is 33.9. The van der Waals surface area contributed by atoms with Gasteiger partial charge in [-0.05, 0) is 134 Å². The fraction of sp³-hybridized carbons (Fsp3) is 0.611. The molecule has 0 saturated heterocycles. The van der Waals surface area contributed by atoms with Gasteiger partial charge in [0.05, 0.1) is 6.61 Å². The highest BCUT2D eigenvalue weighted by atomic mass is 32.2. The number of alkyl halides is 5. The third-order valence-corrected chi connectivity index (χ3v) is 12.0. The molecular weight excluding hydrogens is 607 g/mol. The van der Waals surface area contributed by atoms with E-state index >= 15 is 0 Å². The van der Waals surface area contributed by atoms with Gasteiger partial charge in [-0.25, -0.2) is 0 Å². The number of hydrogen-bond acceptors (Lipinski definition) is 4. The normalized spacial score (nSPS) is 29.4. The van der Waals surface area contributed by atoms with Crippen molar-refractivity contribution in [2.45, 2.75) is 101 Å². The average Bonchev–Trinajstić information content (AvgIpc) is 3.27. The second-order valence-electron chi connectivity index (χ2n) is 13.4. The highest BCUT2D eigenvalue weighted by Crippen LogP contribution is 2.67. The molecule has 3 aliphatic rings. The second kappa shape index (κ2) is 13.4. The zero-order valence-corrected chi connectivity index (χ0v) is 26.5. The summed E-state index contributed by atoms with van der Waals surface area (Å²) in [5.74, 6) is 1.39. The summed E-state index contributed by atoms with van der Waals surface area (Å²) in [7, 11) is 0. The summed E-state index contributed by atoms with van der Waals surface area (Å²) in [6.45, 7) is 2.71. The lowest BCUT2D eigenvalue weighted by Crippen LogP contribution is -2.52. The largest absolute Gasteiger partial charge is 0.508 e. The lowest BCUT2D eigenvalue weighted by Gasteiger charge is -2.55. The summed E-state index contributed by atoms with van der Waals surface area (Å²) in [4.78, 5) is 0. The van der Waals surface area contributed by atoms with E-state index in [0.29, 0.717) is 36.4 Å². The van der Waals surface area contributed by atoms with Gasteiger partial charge in [0.2, 0.25) is 0 Å². The van der Waals surface area contributed by atoms with Crippen LogP contribution in [0.15, 0.2) is 42.5 Å². The third kappa shape index (κ3) is 6.83. The topological polar surface area (TPSA) is 49.7 Å². The van der Waals surface area contributed by atoms with E-state index in [4.69, 9.17) is 11.2 Å². The van der Waals surface area contributed by atoms with Crippen LogP contribution in [-0.4, -0.2) is 46.0 Å². The van der Waals surface area contributed by atoms with Gasteiger partial charge in [-0.1, -0.05) is 31.0 Å². The molecule has 2 N–H and O–H groups in total. The molecule has 2 aromatic rings. The monoisotopic (exact) mass is 650 g/mol. The van der Waals surface area contributed by atoms with Crippen molar-refractivity contribution >= 4 is 11.8 Å². The molecule has 2 saturated carbocycles. The van der Waals surface area contributed by atoms with Gasteiger partial charge in [0.15, 0.2) is 0 Å². The molecular formula is C36H43F5O3S. The number of hydrogen-bond donors (Lipinski definition) is 2. The van der Waals surface area contributed by atoms with Gasteiger partial charge in [-0.3, -0.25) is 0 Å². The van der Waals surface area contributed by atoms with E-state index < -0.39 is 24.1 Å². The summed E-state index contributed by atoms with van der Waals surface area (Å²) in [5.41, 5.74) is 2.18. The molecule has 3 nitrogen and oxygen atoms in total. The van der Waals surface area contributed by atoms with Crippen LogP contribution in [0.2, 0.25) is 0 Å². The molecule has 246 valence electrons. The Balaban J connectivity index is 1.15. The van der Waals surface area contributed by atoms with E-state index in [1.54, 1.807) is 6.07 Å². The summed E-state index contributed by atoms with van der Waals surface area (Å²) < 4.78 is 68.6. The first-order chi connectivity index (χ1) is 21.3. The molecule has 2 fully saturated rings. The SMILES string of the molecule is C#C[C@]1(O)CC[C@H]2[C@@H]3CCc4cc(O)ccc4[C@H]3[C@@H](c3ccc(OCCCCCSCCCC(F)(F)C(F)(F)F)cc3)C[C@@]21C. The molecule has 9 heteroatoms. The van der Waals surface area contributed by atoms with Crippen molar-refractivity contribution in [1.82, 2.24) is 0 Å². The predicted molar refractivity (Wildman–Crippen MR) is 168 cm³/mol. The van der Waals surface area contributed by atoms with E-state index in [-0.39, 0.29) is 29.4 Å². The van der Waals surface area contributed by atoms with Gasteiger partial charge in [0.25, 0.3) is 0 Å². The molecule has 2 aromatic carbocycles. The number of terminal acetylenes is 1. The smallest absolute Gasteiger partial charge is 0.453 e. The fourth-order valence-electron chi connectivity index (χ4n) is 8.39. The van der Waals surface area contributed by atoms with E-state index in [1.807, 2.05) is 18.2 Å². The number of phenolic OH excluding ortho intramolecular Hbond substituents is 1. The number of aliphatic hydroxyl groups is 1. The Labute approximate surface area is 267 Å². The summed E-state index contributed by atoms with van der Waals surface area (Å²) in [6, 6.07) is 14.0. The fourth-order valence-corrected chi connectivity index (χ4v) is 9.35. The number of aryl methyl sites for hydroxylation is 1. The number of aromatic hydroxyl groups is 1. The number of phenols is 1. The Morgan fingerprint density at radius 3 is 2.44 bits per heavy atom. The molecule has 0 amide bonds. The highest BCUT2D eigenvalue weighted by Gasteiger charge is 2.63. The first-order valence-electron chi connectivity index (χ1n) is 16.1. The Morgan fingerprint density at radius 2 is 1.73 bits per heavy atom. The van der Waals surface area contributed by atoms with Gasteiger partial charge in [-0.2, -0.15) is 33.7 Å². The molecule has 3 aliphatic carbocycles. The number of benzene rings is 2. The minimum absolute atomic E-state index is 0.157. The Hall–Kier alpha value is -2.44. The predicted octanol–water partition coefficient (Wildman–Crippen LogP) is 9.27. The maximum absolute atomic E-state index is 13.0. The molecule has 0 heterocycles. The molecule has 45 heavy (non-hydrogen) atoms. The zero-order chi connectivity index (χ0) is 32.5. The number of unbranched alkanes of at least 4 members (excludes halogenated alkanes) is 2. The molecule has 0 aromatic heterocycles. The first-order valence-corrected chi connectivity index (χ1v) is 17.2. The molecule has 5 rings (SSSR count). The minimum atomic E-state index is -5.48. The third-order valence-electron chi connectivity index (χ3n) is 10.8. The number of halogens is 5. The van der Waals surface area contributed by atoms with Crippen molar-refractivity contribution in [3.63, 3.8) is 0 Å². The van der Waals surface area contributed by atoms with Crippen molar-refractivity contribution < 1.29 is 36.9 Å². The number of ether oxygens (including phenoxy) is 1. The van der Waals surface area contributed by atoms with Crippen LogP contribution in [0.5, 0.6) is 11.5 Å². The Kier molecular flexibility index (Phi) is 10.1. The zero-order valence-electron chi connectivity index (χ0n) is 25.7. The van der Waals surface area contributed by atoms with Crippen molar-refractivity contribution in [3.8, 4) is 23.8 Å². The lowest BCUT2D eigenvalue weighted by molar-refractivity contribution is -0.284. The average molecular weight is 651 g/mol. The van der Waals surface area contributed by atoms with Gasteiger partial charge in [-0.15, -0.1) is 6.42 Å². The minimum Gasteiger partial charge on any atom is -0.508 e. The van der Waals surface area contributed by atoms with Crippen LogP contribution in [0, 0.1) is 29.6 Å². The van der Waals surface area contributed by atoms with Crippen LogP contribution in [0.1, 0.15) is 93.2 Å². The van der Waals surface area contributed by atoms with Crippen LogP contribution in [-0.2, 0) is 6.42 Å². The van der Waals surface area contributed by atoms with Crippen molar-refractivity contribution in [2.24, 2.45) is 17.3 Å². The number of rotatable bonds is 12. The molecule has 6 atom stereocenters. The maximum atomic E-state index is 13.0. The molecule has 0 unspecified atom stereocenters. The van der Waals surface area contributed by atoms with Crippen molar-refractivity contribution in [2.75, 3.05) is 18.1 Å². The number of thioether (sulfide) groups is 1. The second-order valence-corrected chi connectivity index (χ2v) is 14.6. The maximum Gasteiger partial charge on any atom is 0.453 e. The highest BCUT2D eigenvalue weighted by molar-refractivity contribution is 7.99. The van der Waals surface area contributed by atoms with Crippen LogP contribution in [0.4, 0.5) is 22.0 Å². The van der Waals surface area contributed by atoms with Crippen LogP contribution in [0.3, 0.4) is 0 Å². The van der Waals surface area contributed by atoms with E-state index in [2.05, 4.69) is 31.0 Å². The van der Waals surface area contributed by atoms with Gasteiger partial charge < -0.3 is 14.9 Å². The Bertz CT molecular complexity index is 1360. The standard InChI is InChI=1S/C36H43F5O3S/c1-3-34(43)18-16-31-29-14-10-25-22-26(42)11-15-28(25)32(29)30(23-33(31,34)2)24-8-12-27(13-9-24)44-19-5-4-6-20-45-21-7-17-35(37,38)36(39,40)41/h1,8-9,11-13,15,22,29-32,42-43H,4-7,10,14,16-21,23H2,2H3/t29-,30+,31-,32+,33-,34-/m0/s1. The summed E-state index contributed by atoms with van der Waals surface area (Å²) >= 11 is 1.40. The van der Waals surface area contributed by atoms with Crippen LogP contribution in [0.25, 0.3) is 0 Å². The van der Waals surface area contributed by atoms with Gasteiger partial charge in [0.1, 0.15) is 17.1 Å².